The molecule has 0 amide bonds. The van der Waals surface area contributed by atoms with Gasteiger partial charge in [0.25, 0.3) is 0 Å². The van der Waals surface area contributed by atoms with E-state index in [0.29, 0.717) is 10.2 Å². The maximum absolute atomic E-state index is 13.8. The predicted molar refractivity (Wildman–Crippen MR) is 130 cm³/mol. The lowest BCUT2D eigenvalue weighted by atomic mass is 10.0. The second-order valence-corrected chi connectivity index (χ2v) is 12.0. The molecular weight excluding hydrogens is 504 g/mol. The lowest BCUT2D eigenvalue weighted by molar-refractivity contribution is 0.195. The molecule has 1 rings (SSSR count). The van der Waals surface area contributed by atoms with Crippen molar-refractivity contribution in [2.24, 2.45) is 0 Å². The largest absolute Gasteiger partial charge is 0.346 e. The molecule has 176 valence electrons. The fraction of sp³-hybridized carbons (Fsp3) is 0.571. The first-order chi connectivity index (χ1) is 14.7. The predicted octanol–water partition coefficient (Wildman–Crippen LogP) is 7.22. The lowest BCUT2D eigenvalue weighted by Crippen LogP contribution is -2.20. The van der Waals surface area contributed by atoms with Gasteiger partial charge in [0.15, 0.2) is 5.40 Å². The third-order valence-electron chi connectivity index (χ3n) is 4.26. The SMILES string of the molecule is C=C/C(=C\CC)c1cnc(Br)c(CC(P(=O)(OCC)OCC)P(=O)(OCC)OCC)c1. The number of hydrogen-bond acceptors (Lipinski definition) is 7. The Hall–Kier alpha value is -0.590. The smallest absolute Gasteiger partial charge is 0.308 e. The molecule has 1 aromatic rings. The van der Waals surface area contributed by atoms with Gasteiger partial charge in [-0.3, -0.25) is 9.13 Å². The standard InChI is InChI=1S/C21H34BrNO6P2/c1-7-13-17(8-2)19-14-18(21(22)23-16-19)15-20(30(24,26-9-3)27-10-4)31(25,28-11-5)29-12-6/h8,13-14,16,20H,2,7,9-12,15H2,1,3-6H3/b17-13+. The first-order valence-corrected chi connectivity index (χ1v) is 14.5. The van der Waals surface area contributed by atoms with Gasteiger partial charge in [-0.05, 0) is 67.2 Å². The summed E-state index contributed by atoms with van der Waals surface area (Å²) < 4.78 is 50.3. The molecule has 0 aliphatic rings. The summed E-state index contributed by atoms with van der Waals surface area (Å²) in [5.41, 5.74) is 2.46. The Kier molecular flexibility index (Phi) is 12.7. The summed E-state index contributed by atoms with van der Waals surface area (Å²) in [5, 5.41) is -1.14. The van der Waals surface area contributed by atoms with Crippen LogP contribution >= 0.6 is 31.1 Å². The Labute approximate surface area is 194 Å². The van der Waals surface area contributed by atoms with Gasteiger partial charge in [0.1, 0.15) is 4.60 Å². The van der Waals surface area contributed by atoms with Crippen molar-refractivity contribution in [1.82, 2.24) is 4.98 Å². The normalized spacial score (nSPS) is 13.1. The number of aromatic nitrogens is 1. The molecule has 7 nitrogen and oxygen atoms in total. The molecule has 0 saturated heterocycles. The molecule has 0 fully saturated rings. The number of hydrogen-bond donors (Lipinski definition) is 0. The van der Waals surface area contributed by atoms with Crippen LogP contribution in [0.3, 0.4) is 0 Å². The van der Waals surface area contributed by atoms with Gasteiger partial charge in [0.2, 0.25) is 0 Å². The molecule has 0 atom stereocenters. The minimum atomic E-state index is -3.85. The fourth-order valence-corrected chi connectivity index (χ4v) is 8.75. The van der Waals surface area contributed by atoms with E-state index in [1.165, 1.54) is 0 Å². The van der Waals surface area contributed by atoms with Crippen molar-refractivity contribution in [3.05, 3.63) is 46.7 Å². The second-order valence-electron chi connectivity index (χ2n) is 6.38. The average Bonchev–Trinajstić information content (AvgIpc) is 2.72. The highest BCUT2D eigenvalue weighted by atomic mass is 79.9. The van der Waals surface area contributed by atoms with Gasteiger partial charge < -0.3 is 18.1 Å². The molecule has 0 saturated carbocycles. The third-order valence-corrected chi connectivity index (χ3v) is 11.0. The van der Waals surface area contributed by atoms with E-state index in [4.69, 9.17) is 18.1 Å². The van der Waals surface area contributed by atoms with Gasteiger partial charge in [-0.25, -0.2) is 4.98 Å². The Bertz CT molecular complexity index is 795. The average molecular weight is 538 g/mol. The van der Waals surface area contributed by atoms with Crippen LogP contribution in [0.5, 0.6) is 0 Å². The van der Waals surface area contributed by atoms with Crippen LogP contribution < -0.4 is 0 Å². The molecule has 0 aliphatic heterocycles. The van der Waals surface area contributed by atoms with Gasteiger partial charge in [-0.15, -0.1) is 0 Å². The van der Waals surface area contributed by atoms with Crippen molar-refractivity contribution in [3.63, 3.8) is 0 Å². The molecule has 0 aliphatic carbocycles. The minimum Gasteiger partial charge on any atom is -0.308 e. The van der Waals surface area contributed by atoms with Crippen LogP contribution in [0.4, 0.5) is 0 Å². The molecule has 10 heteroatoms. The highest BCUT2D eigenvalue weighted by Crippen LogP contribution is 2.71. The molecule has 0 unspecified atom stereocenters. The fourth-order valence-electron chi connectivity index (χ4n) is 3.07. The molecule has 1 heterocycles. The van der Waals surface area contributed by atoms with Gasteiger partial charge in [-0.1, -0.05) is 25.7 Å². The van der Waals surface area contributed by atoms with Gasteiger partial charge in [0, 0.05) is 18.2 Å². The number of rotatable bonds is 15. The Morgan fingerprint density at radius 1 is 1.03 bits per heavy atom. The first kappa shape index (κ1) is 28.4. The van der Waals surface area contributed by atoms with E-state index in [-0.39, 0.29) is 32.8 Å². The van der Waals surface area contributed by atoms with Crippen molar-refractivity contribution in [3.8, 4) is 0 Å². The summed E-state index contributed by atoms with van der Waals surface area (Å²) in [5.74, 6) is 0. The molecule has 31 heavy (non-hydrogen) atoms. The zero-order chi connectivity index (χ0) is 23.5. The number of pyridine rings is 1. The van der Waals surface area contributed by atoms with E-state index in [0.717, 1.165) is 17.6 Å². The van der Waals surface area contributed by atoms with Crippen molar-refractivity contribution in [2.45, 2.75) is 52.9 Å². The lowest BCUT2D eigenvalue weighted by Gasteiger charge is -2.31. The van der Waals surface area contributed by atoms with E-state index in [9.17, 15) is 9.13 Å². The van der Waals surface area contributed by atoms with Crippen LogP contribution in [0.15, 0.2) is 35.6 Å². The highest BCUT2D eigenvalue weighted by Gasteiger charge is 2.51. The van der Waals surface area contributed by atoms with Crippen LogP contribution in [-0.2, 0) is 33.6 Å². The van der Waals surface area contributed by atoms with Crippen molar-refractivity contribution >= 4 is 36.7 Å². The number of nitrogens with zero attached hydrogens (tertiary/aromatic N) is 1. The summed E-state index contributed by atoms with van der Waals surface area (Å²) in [6, 6.07) is 1.90. The summed E-state index contributed by atoms with van der Waals surface area (Å²) in [6.45, 7) is 13.3. The van der Waals surface area contributed by atoms with E-state index >= 15 is 0 Å². The van der Waals surface area contributed by atoms with Gasteiger partial charge in [0.05, 0.1) is 26.4 Å². The molecule has 0 spiro atoms. The van der Waals surface area contributed by atoms with E-state index in [1.54, 1.807) is 40.0 Å². The summed E-state index contributed by atoms with van der Waals surface area (Å²) in [4.78, 5) is 4.42. The summed E-state index contributed by atoms with van der Waals surface area (Å²) in [7, 11) is -7.70. The van der Waals surface area contributed by atoms with Crippen molar-refractivity contribution in [2.75, 3.05) is 26.4 Å². The van der Waals surface area contributed by atoms with Crippen molar-refractivity contribution in [1.29, 1.82) is 0 Å². The quantitative estimate of drug-likeness (QED) is 0.132. The molecular formula is C21H34BrNO6P2. The maximum Gasteiger partial charge on any atom is 0.346 e. The van der Waals surface area contributed by atoms with Crippen LogP contribution in [0.2, 0.25) is 0 Å². The van der Waals surface area contributed by atoms with Crippen LogP contribution in [0.1, 0.15) is 52.2 Å². The zero-order valence-corrected chi connectivity index (χ0v) is 22.4. The second kappa shape index (κ2) is 13.8. The Morgan fingerprint density at radius 3 is 1.90 bits per heavy atom. The summed E-state index contributed by atoms with van der Waals surface area (Å²) in [6.07, 6.45) is 6.42. The maximum atomic E-state index is 13.8. The monoisotopic (exact) mass is 537 g/mol. The van der Waals surface area contributed by atoms with Crippen LogP contribution in [-0.4, -0.2) is 36.8 Å². The zero-order valence-electron chi connectivity index (χ0n) is 19.0. The van der Waals surface area contributed by atoms with E-state index in [2.05, 4.69) is 27.5 Å². The van der Waals surface area contributed by atoms with E-state index < -0.39 is 20.6 Å². The van der Waals surface area contributed by atoms with Crippen LogP contribution in [0, 0.1) is 0 Å². The van der Waals surface area contributed by atoms with Crippen LogP contribution in [0.25, 0.3) is 5.57 Å². The Balaban J connectivity index is 3.61. The molecule has 0 radical (unpaired) electrons. The summed E-state index contributed by atoms with van der Waals surface area (Å²) >= 11 is 3.46. The van der Waals surface area contributed by atoms with Gasteiger partial charge in [-0.2, -0.15) is 0 Å². The molecule has 0 N–H and O–H groups in total. The van der Waals surface area contributed by atoms with Gasteiger partial charge >= 0.3 is 15.2 Å². The molecule has 1 aromatic heterocycles. The number of allylic oxidation sites excluding steroid dienone is 3. The van der Waals surface area contributed by atoms with E-state index in [1.807, 2.05) is 19.1 Å². The third kappa shape index (κ3) is 7.75. The minimum absolute atomic E-state index is 0.0620. The molecule has 0 aromatic carbocycles. The highest BCUT2D eigenvalue weighted by molar-refractivity contribution is 9.10. The van der Waals surface area contributed by atoms with Crippen molar-refractivity contribution < 1.29 is 27.2 Å². The number of halogens is 1. The molecule has 0 bridgehead atoms. The first-order valence-electron chi connectivity index (χ1n) is 10.5. The topological polar surface area (TPSA) is 84.0 Å². The Morgan fingerprint density at radius 2 is 1.52 bits per heavy atom.